The second-order valence-corrected chi connectivity index (χ2v) is 12.3. The lowest BCUT2D eigenvalue weighted by atomic mass is 10.1. The van der Waals surface area contributed by atoms with Crippen LogP contribution in [0.2, 0.25) is 18.1 Å². The summed E-state index contributed by atoms with van der Waals surface area (Å²) >= 11 is 3.28. The second kappa shape index (κ2) is 5.59. The van der Waals surface area contributed by atoms with Crippen molar-refractivity contribution < 1.29 is 9.53 Å². The maximum atomic E-state index is 10.5. The lowest BCUT2D eigenvalue weighted by Gasteiger charge is -2.38. The minimum atomic E-state index is -1.88. The highest BCUT2D eigenvalue weighted by Gasteiger charge is 2.39. The minimum Gasteiger partial charge on any atom is -0.413 e. The average molecular weight is 347 g/mol. The number of hydrogen-bond donors (Lipinski definition) is 1. The van der Waals surface area contributed by atoms with E-state index in [0.717, 1.165) is 4.47 Å². The van der Waals surface area contributed by atoms with Crippen LogP contribution in [0, 0.1) is 0 Å². The Morgan fingerprint density at radius 3 is 2.11 bits per heavy atom. The van der Waals surface area contributed by atoms with Gasteiger partial charge in [-0.25, -0.2) is 9.97 Å². The number of hydrogen-bond acceptors (Lipinski definition) is 4. The zero-order valence-corrected chi connectivity index (χ0v) is 15.1. The van der Waals surface area contributed by atoms with Crippen molar-refractivity contribution in [2.24, 2.45) is 0 Å². The van der Waals surface area contributed by atoms with Gasteiger partial charge in [-0.05, 0) is 41.0 Å². The number of nitrogens with zero attached hydrogens (tertiary/aromatic N) is 2. The molecule has 0 aliphatic rings. The van der Waals surface area contributed by atoms with E-state index in [1.165, 1.54) is 0 Å². The molecule has 0 saturated carbocycles. The van der Waals surface area contributed by atoms with Gasteiger partial charge in [0.1, 0.15) is 5.60 Å². The molecular formula is C13H23BrN2O2Si. The predicted molar refractivity (Wildman–Crippen MR) is 82.5 cm³/mol. The van der Waals surface area contributed by atoms with Gasteiger partial charge in [0.25, 0.3) is 0 Å². The van der Waals surface area contributed by atoms with Crippen molar-refractivity contribution >= 4 is 24.2 Å². The summed E-state index contributed by atoms with van der Waals surface area (Å²) in [5, 5.41) is 10.6. The van der Waals surface area contributed by atoms with Crippen LogP contribution in [-0.4, -0.2) is 30.0 Å². The van der Waals surface area contributed by atoms with Crippen LogP contribution in [0.4, 0.5) is 0 Å². The quantitative estimate of drug-likeness (QED) is 0.848. The Bertz CT molecular complexity index is 427. The fourth-order valence-corrected chi connectivity index (χ4v) is 2.47. The van der Waals surface area contributed by atoms with Gasteiger partial charge in [0.2, 0.25) is 0 Å². The zero-order valence-electron chi connectivity index (χ0n) is 12.5. The van der Waals surface area contributed by atoms with Crippen LogP contribution in [0.15, 0.2) is 16.9 Å². The molecule has 19 heavy (non-hydrogen) atoms. The highest BCUT2D eigenvalue weighted by molar-refractivity contribution is 9.10. The third-order valence-electron chi connectivity index (χ3n) is 3.62. The van der Waals surface area contributed by atoms with E-state index in [9.17, 15) is 5.11 Å². The molecule has 0 aliphatic carbocycles. The first-order chi connectivity index (χ1) is 8.46. The summed E-state index contributed by atoms with van der Waals surface area (Å²) < 4.78 is 6.83. The van der Waals surface area contributed by atoms with Gasteiger partial charge in [-0.3, -0.25) is 0 Å². The first kappa shape index (κ1) is 16.8. The lowest BCUT2D eigenvalue weighted by Crippen LogP contribution is -2.44. The molecule has 1 aromatic heterocycles. The second-order valence-electron chi connectivity index (χ2n) is 6.55. The van der Waals surface area contributed by atoms with E-state index < -0.39 is 13.9 Å². The maximum Gasteiger partial charge on any atom is 0.192 e. The van der Waals surface area contributed by atoms with Gasteiger partial charge >= 0.3 is 0 Å². The van der Waals surface area contributed by atoms with Crippen LogP contribution in [-0.2, 0) is 10.0 Å². The Balaban J connectivity index is 2.78. The minimum absolute atomic E-state index is 0.115. The molecule has 1 heterocycles. The summed E-state index contributed by atoms with van der Waals surface area (Å²) in [7, 11) is -1.88. The van der Waals surface area contributed by atoms with Crippen molar-refractivity contribution in [3.63, 3.8) is 0 Å². The van der Waals surface area contributed by atoms with E-state index in [0.29, 0.717) is 5.82 Å². The first-order valence-corrected chi connectivity index (χ1v) is 10.0. The fourth-order valence-electron chi connectivity index (χ4n) is 1.19. The summed E-state index contributed by atoms with van der Waals surface area (Å²) in [4.78, 5) is 8.28. The van der Waals surface area contributed by atoms with Gasteiger partial charge < -0.3 is 9.53 Å². The molecule has 0 radical (unpaired) electrons. The predicted octanol–water partition coefficient (Wildman–Crippen LogP) is 3.47. The molecule has 4 nitrogen and oxygen atoms in total. The van der Waals surface area contributed by atoms with Gasteiger partial charge in [0, 0.05) is 12.4 Å². The molecule has 0 aromatic carbocycles. The molecule has 0 bridgehead atoms. The normalized spacial score (nSPS) is 16.2. The van der Waals surface area contributed by atoms with E-state index in [4.69, 9.17) is 4.43 Å². The Morgan fingerprint density at radius 1 is 1.21 bits per heavy atom. The SMILES string of the molecule is CC(O)(CO[Si](C)(C)C(C)(C)C)c1ncc(Br)cn1. The molecular weight excluding hydrogens is 324 g/mol. The Labute approximate surface area is 124 Å². The Hall–Kier alpha value is -0.303. The standard InChI is InChI=1S/C13H23BrN2O2Si/c1-12(2,3)19(5,6)18-9-13(4,17)11-15-7-10(14)8-16-11/h7-8,17H,9H2,1-6H3. The maximum absolute atomic E-state index is 10.5. The van der Waals surface area contributed by atoms with Crippen LogP contribution in [0.1, 0.15) is 33.5 Å². The molecule has 1 rings (SSSR count). The van der Waals surface area contributed by atoms with Crippen molar-refractivity contribution in [3.05, 3.63) is 22.7 Å². The van der Waals surface area contributed by atoms with E-state index in [1.54, 1.807) is 19.3 Å². The molecule has 108 valence electrons. The molecule has 1 aromatic rings. The van der Waals surface area contributed by atoms with E-state index in [2.05, 4.69) is 59.8 Å². The van der Waals surface area contributed by atoms with Gasteiger partial charge in [0.15, 0.2) is 14.1 Å². The van der Waals surface area contributed by atoms with Gasteiger partial charge in [-0.1, -0.05) is 20.8 Å². The monoisotopic (exact) mass is 346 g/mol. The van der Waals surface area contributed by atoms with Gasteiger partial charge in [-0.2, -0.15) is 0 Å². The van der Waals surface area contributed by atoms with E-state index in [-0.39, 0.29) is 11.6 Å². The fraction of sp³-hybridized carbons (Fsp3) is 0.692. The molecule has 0 aliphatic heterocycles. The third kappa shape index (κ3) is 4.34. The molecule has 0 saturated heterocycles. The Morgan fingerprint density at radius 2 is 1.68 bits per heavy atom. The number of halogens is 1. The number of rotatable bonds is 4. The van der Waals surface area contributed by atoms with Gasteiger partial charge in [-0.15, -0.1) is 0 Å². The molecule has 0 spiro atoms. The molecule has 6 heteroatoms. The Kier molecular flexibility index (Phi) is 4.93. The van der Waals surface area contributed by atoms with Crippen molar-refractivity contribution in [1.29, 1.82) is 0 Å². The number of aliphatic hydroxyl groups is 1. The van der Waals surface area contributed by atoms with Crippen molar-refractivity contribution in [2.45, 2.75) is 51.4 Å². The third-order valence-corrected chi connectivity index (χ3v) is 8.51. The van der Waals surface area contributed by atoms with Crippen molar-refractivity contribution in [2.75, 3.05) is 6.61 Å². The highest BCUT2D eigenvalue weighted by Crippen LogP contribution is 2.37. The largest absolute Gasteiger partial charge is 0.413 e. The van der Waals surface area contributed by atoms with Crippen LogP contribution < -0.4 is 0 Å². The summed E-state index contributed by atoms with van der Waals surface area (Å²) in [5.41, 5.74) is -1.17. The average Bonchev–Trinajstić information content (AvgIpc) is 2.26. The van der Waals surface area contributed by atoms with Crippen LogP contribution in [0.3, 0.4) is 0 Å². The van der Waals surface area contributed by atoms with E-state index >= 15 is 0 Å². The van der Waals surface area contributed by atoms with Crippen molar-refractivity contribution in [1.82, 2.24) is 9.97 Å². The summed E-state index contributed by atoms with van der Waals surface area (Å²) in [6, 6.07) is 0. The molecule has 0 amide bonds. The topological polar surface area (TPSA) is 55.2 Å². The zero-order chi connectivity index (χ0) is 14.9. The molecule has 1 N–H and O–H groups in total. The van der Waals surface area contributed by atoms with E-state index in [1.807, 2.05) is 0 Å². The number of aromatic nitrogens is 2. The summed E-state index contributed by atoms with van der Waals surface area (Å²) in [5.74, 6) is 0.384. The van der Waals surface area contributed by atoms with Crippen molar-refractivity contribution in [3.8, 4) is 0 Å². The van der Waals surface area contributed by atoms with Gasteiger partial charge in [0.05, 0.1) is 11.1 Å². The molecule has 0 fully saturated rings. The van der Waals surface area contributed by atoms with Crippen LogP contribution in [0.25, 0.3) is 0 Å². The summed E-state index contributed by atoms with van der Waals surface area (Å²) in [6.45, 7) is 12.7. The van der Waals surface area contributed by atoms with Crippen LogP contribution >= 0.6 is 15.9 Å². The van der Waals surface area contributed by atoms with Crippen LogP contribution in [0.5, 0.6) is 0 Å². The molecule has 1 unspecified atom stereocenters. The molecule has 1 atom stereocenters. The smallest absolute Gasteiger partial charge is 0.192 e. The lowest BCUT2D eigenvalue weighted by molar-refractivity contribution is -0.00494. The highest BCUT2D eigenvalue weighted by atomic mass is 79.9. The first-order valence-electron chi connectivity index (χ1n) is 6.30. The summed E-state index contributed by atoms with van der Waals surface area (Å²) in [6.07, 6.45) is 3.26.